The van der Waals surface area contributed by atoms with Crippen LogP contribution in [0.2, 0.25) is 0 Å². The van der Waals surface area contributed by atoms with E-state index in [0.29, 0.717) is 11.0 Å². The lowest BCUT2D eigenvalue weighted by Crippen LogP contribution is -2.29. The van der Waals surface area contributed by atoms with E-state index < -0.39 is 0 Å². The molecule has 0 atom stereocenters. The van der Waals surface area contributed by atoms with Gasteiger partial charge in [-0.1, -0.05) is 6.92 Å². The predicted octanol–water partition coefficient (Wildman–Crippen LogP) is 1.96. The van der Waals surface area contributed by atoms with Crippen LogP contribution in [0.25, 0.3) is 0 Å². The van der Waals surface area contributed by atoms with Gasteiger partial charge >= 0.3 is 0 Å². The summed E-state index contributed by atoms with van der Waals surface area (Å²) in [6.07, 6.45) is 4.04. The van der Waals surface area contributed by atoms with Crippen molar-refractivity contribution in [3.8, 4) is 0 Å². The van der Waals surface area contributed by atoms with Crippen molar-refractivity contribution in [1.29, 1.82) is 0 Å². The lowest BCUT2D eigenvalue weighted by molar-refractivity contribution is 0.0946. The topological polar surface area (TPSA) is 54.0 Å². The van der Waals surface area contributed by atoms with Crippen molar-refractivity contribution >= 4 is 11.6 Å². The Labute approximate surface area is 102 Å². The monoisotopic (exact) mass is 233 g/mol. The maximum Gasteiger partial charge on any atom is 0.254 e. The van der Waals surface area contributed by atoms with Crippen LogP contribution in [0.15, 0.2) is 12.3 Å². The van der Waals surface area contributed by atoms with E-state index in [1.54, 1.807) is 6.20 Å². The number of rotatable bonds is 4. The fourth-order valence-corrected chi connectivity index (χ4v) is 1.73. The predicted molar refractivity (Wildman–Crippen MR) is 68.2 cm³/mol. The summed E-state index contributed by atoms with van der Waals surface area (Å²) in [4.78, 5) is 16.2. The molecule has 0 aliphatic heterocycles. The van der Waals surface area contributed by atoms with Crippen LogP contribution in [0, 0.1) is 12.3 Å². The second-order valence-electron chi connectivity index (χ2n) is 5.11. The number of carbonyl (C=O) groups excluding carboxylic acids is 1. The standard InChI is InChI=1S/C13H19N3O/c1-9-6-11(14-3)10(7-15-9)12(17)16-8-13(2)4-5-13/h6-7H,4-5,8H2,1-3H3,(H,14,15)(H,16,17). The summed E-state index contributed by atoms with van der Waals surface area (Å²) in [5.74, 6) is -0.0463. The molecule has 4 heteroatoms. The van der Waals surface area contributed by atoms with Crippen molar-refractivity contribution < 1.29 is 4.79 Å². The molecule has 0 bridgehead atoms. The number of nitrogens with zero attached hydrogens (tertiary/aromatic N) is 1. The molecular formula is C13H19N3O. The first kappa shape index (κ1) is 11.9. The van der Waals surface area contributed by atoms with E-state index in [0.717, 1.165) is 17.9 Å². The first-order valence-corrected chi connectivity index (χ1v) is 5.97. The van der Waals surface area contributed by atoms with Gasteiger partial charge in [0.05, 0.1) is 11.3 Å². The lowest BCUT2D eigenvalue weighted by atomic mass is 10.1. The van der Waals surface area contributed by atoms with Crippen molar-refractivity contribution in [1.82, 2.24) is 10.3 Å². The minimum Gasteiger partial charge on any atom is -0.387 e. The van der Waals surface area contributed by atoms with E-state index in [1.165, 1.54) is 12.8 Å². The zero-order valence-electron chi connectivity index (χ0n) is 10.6. The average Bonchev–Trinajstić information content (AvgIpc) is 3.04. The fraction of sp³-hybridized carbons (Fsp3) is 0.538. The van der Waals surface area contributed by atoms with Gasteiger partial charge in [0.1, 0.15) is 0 Å². The number of hydrogen-bond donors (Lipinski definition) is 2. The summed E-state index contributed by atoms with van der Waals surface area (Å²) in [6.45, 7) is 4.86. The molecule has 1 fully saturated rings. The molecule has 1 saturated carbocycles. The number of aryl methyl sites for hydroxylation is 1. The smallest absolute Gasteiger partial charge is 0.254 e. The van der Waals surface area contributed by atoms with E-state index in [2.05, 4.69) is 22.5 Å². The van der Waals surface area contributed by atoms with Gasteiger partial charge in [-0.3, -0.25) is 9.78 Å². The first-order chi connectivity index (χ1) is 8.04. The van der Waals surface area contributed by atoms with Gasteiger partial charge < -0.3 is 10.6 Å². The third-order valence-electron chi connectivity index (χ3n) is 3.33. The van der Waals surface area contributed by atoms with Gasteiger partial charge in [-0.2, -0.15) is 0 Å². The van der Waals surface area contributed by atoms with E-state index >= 15 is 0 Å². The number of anilines is 1. The number of carbonyl (C=O) groups is 1. The lowest BCUT2D eigenvalue weighted by Gasteiger charge is -2.12. The molecule has 1 amide bonds. The average molecular weight is 233 g/mol. The Morgan fingerprint density at radius 2 is 2.24 bits per heavy atom. The number of pyridine rings is 1. The molecule has 0 spiro atoms. The highest BCUT2D eigenvalue weighted by Gasteiger charge is 2.37. The van der Waals surface area contributed by atoms with Crippen molar-refractivity contribution in [2.75, 3.05) is 18.9 Å². The normalized spacial score (nSPS) is 16.4. The molecule has 1 heterocycles. The Hall–Kier alpha value is -1.58. The molecule has 1 aliphatic rings. The van der Waals surface area contributed by atoms with Crippen LogP contribution in [-0.2, 0) is 0 Å². The summed E-state index contributed by atoms with van der Waals surface area (Å²) in [6, 6.07) is 1.88. The van der Waals surface area contributed by atoms with Crippen LogP contribution in [0.1, 0.15) is 35.8 Å². The highest BCUT2D eigenvalue weighted by Crippen LogP contribution is 2.44. The van der Waals surface area contributed by atoms with Gasteiger partial charge in [0.25, 0.3) is 5.91 Å². The van der Waals surface area contributed by atoms with Crippen molar-refractivity contribution in [3.05, 3.63) is 23.5 Å². The fourth-order valence-electron chi connectivity index (χ4n) is 1.73. The Morgan fingerprint density at radius 3 is 2.82 bits per heavy atom. The summed E-state index contributed by atoms with van der Waals surface area (Å²) in [7, 11) is 1.81. The maximum atomic E-state index is 12.0. The highest BCUT2D eigenvalue weighted by atomic mass is 16.1. The van der Waals surface area contributed by atoms with Crippen LogP contribution in [0.5, 0.6) is 0 Å². The van der Waals surface area contributed by atoms with E-state index in [9.17, 15) is 4.79 Å². The second kappa shape index (κ2) is 4.35. The summed E-state index contributed by atoms with van der Waals surface area (Å²) >= 11 is 0. The van der Waals surface area contributed by atoms with E-state index in [-0.39, 0.29) is 5.91 Å². The van der Waals surface area contributed by atoms with Gasteiger partial charge in [-0.05, 0) is 31.2 Å². The van der Waals surface area contributed by atoms with Gasteiger partial charge in [0.2, 0.25) is 0 Å². The third-order valence-corrected chi connectivity index (χ3v) is 3.33. The molecule has 0 aromatic carbocycles. The van der Waals surface area contributed by atoms with Gasteiger partial charge in [-0.25, -0.2) is 0 Å². The molecule has 0 unspecified atom stereocenters. The molecule has 1 aromatic rings. The molecule has 0 radical (unpaired) electrons. The molecular weight excluding hydrogens is 214 g/mol. The van der Waals surface area contributed by atoms with Crippen LogP contribution in [0.3, 0.4) is 0 Å². The third kappa shape index (κ3) is 2.75. The van der Waals surface area contributed by atoms with Crippen LogP contribution >= 0.6 is 0 Å². The molecule has 1 aromatic heterocycles. The first-order valence-electron chi connectivity index (χ1n) is 5.97. The minimum absolute atomic E-state index is 0.0463. The van der Waals surface area contributed by atoms with Gasteiger partial charge in [-0.15, -0.1) is 0 Å². The number of amides is 1. The number of aromatic nitrogens is 1. The van der Waals surface area contributed by atoms with Gasteiger partial charge in [0, 0.05) is 25.5 Å². The molecule has 2 rings (SSSR count). The molecule has 2 N–H and O–H groups in total. The summed E-state index contributed by atoms with van der Waals surface area (Å²) in [5, 5.41) is 6.01. The second-order valence-corrected chi connectivity index (χ2v) is 5.11. The summed E-state index contributed by atoms with van der Waals surface area (Å²) < 4.78 is 0. The largest absolute Gasteiger partial charge is 0.387 e. The molecule has 1 aliphatic carbocycles. The molecule has 92 valence electrons. The number of nitrogens with one attached hydrogen (secondary N) is 2. The Morgan fingerprint density at radius 1 is 1.53 bits per heavy atom. The molecule has 4 nitrogen and oxygen atoms in total. The van der Waals surface area contributed by atoms with E-state index in [4.69, 9.17) is 0 Å². The minimum atomic E-state index is -0.0463. The zero-order chi connectivity index (χ0) is 12.5. The van der Waals surface area contributed by atoms with Crippen molar-refractivity contribution in [2.45, 2.75) is 26.7 Å². The van der Waals surface area contributed by atoms with Crippen LogP contribution in [0.4, 0.5) is 5.69 Å². The van der Waals surface area contributed by atoms with Gasteiger partial charge in [0.15, 0.2) is 0 Å². The summed E-state index contributed by atoms with van der Waals surface area (Å²) in [5.41, 5.74) is 2.67. The Balaban J connectivity index is 2.07. The molecule has 0 saturated heterocycles. The SMILES string of the molecule is CNc1cc(C)ncc1C(=O)NCC1(C)CC1. The Bertz CT molecular complexity index is 438. The van der Waals surface area contributed by atoms with Crippen LogP contribution < -0.4 is 10.6 Å². The molecule has 17 heavy (non-hydrogen) atoms. The number of hydrogen-bond acceptors (Lipinski definition) is 3. The Kier molecular flexibility index (Phi) is 3.05. The quantitative estimate of drug-likeness (QED) is 0.836. The van der Waals surface area contributed by atoms with Crippen LogP contribution in [-0.4, -0.2) is 24.5 Å². The highest BCUT2D eigenvalue weighted by molar-refractivity contribution is 5.99. The van der Waals surface area contributed by atoms with E-state index in [1.807, 2.05) is 20.0 Å². The van der Waals surface area contributed by atoms with Crippen molar-refractivity contribution in [3.63, 3.8) is 0 Å². The van der Waals surface area contributed by atoms with Crippen molar-refractivity contribution in [2.24, 2.45) is 5.41 Å². The zero-order valence-corrected chi connectivity index (χ0v) is 10.6. The maximum absolute atomic E-state index is 12.0.